The van der Waals surface area contributed by atoms with Gasteiger partial charge in [-0.05, 0) is 38.0 Å². The number of methoxy groups -OCH3 is 1. The van der Waals surface area contributed by atoms with Crippen molar-refractivity contribution in [2.24, 2.45) is 0 Å². The van der Waals surface area contributed by atoms with Gasteiger partial charge in [0.1, 0.15) is 17.4 Å². The maximum atomic E-state index is 8.55. The van der Waals surface area contributed by atoms with Gasteiger partial charge in [-0.1, -0.05) is 12.1 Å². The molecule has 4 heterocycles. The lowest BCUT2D eigenvalue weighted by atomic mass is 9.87. The molecular formula is C24H23N5OS. The molecule has 0 radical (unpaired) electrons. The van der Waals surface area contributed by atoms with E-state index in [0.717, 1.165) is 51.4 Å². The Hall–Kier alpha value is -3.19. The van der Waals surface area contributed by atoms with Crippen molar-refractivity contribution in [1.29, 1.82) is 5.41 Å². The first-order valence-electron chi connectivity index (χ1n) is 10.5. The van der Waals surface area contributed by atoms with E-state index in [0.29, 0.717) is 11.8 Å². The SMILES string of the molecule is COc1cccc2cc(-c3csc([C@]4(C)Cc5nc(C6CC6)ncc5C(=N)N4)c3)[nH]c12. The van der Waals surface area contributed by atoms with Crippen LogP contribution in [0.2, 0.25) is 0 Å². The summed E-state index contributed by atoms with van der Waals surface area (Å²) >= 11 is 1.72. The van der Waals surface area contributed by atoms with E-state index >= 15 is 0 Å². The van der Waals surface area contributed by atoms with Crippen LogP contribution in [0.5, 0.6) is 5.75 Å². The molecule has 1 aromatic carbocycles. The number of fused-ring (bicyclic) bond motifs is 2. The van der Waals surface area contributed by atoms with Gasteiger partial charge in [0.25, 0.3) is 0 Å². The zero-order valence-corrected chi connectivity index (χ0v) is 18.3. The topological polar surface area (TPSA) is 86.7 Å². The normalized spacial score (nSPS) is 20.5. The minimum Gasteiger partial charge on any atom is -0.495 e. The van der Waals surface area contributed by atoms with E-state index in [1.165, 1.54) is 17.7 Å². The number of ether oxygens (including phenoxy) is 1. The van der Waals surface area contributed by atoms with Gasteiger partial charge in [-0.2, -0.15) is 0 Å². The highest BCUT2D eigenvalue weighted by molar-refractivity contribution is 7.10. The fraction of sp³-hybridized carbons (Fsp3) is 0.292. The molecule has 0 saturated heterocycles. The number of thiophene rings is 1. The molecule has 6 nitrogen and oxygen atoms in total. The quantitative estimate of drug-likeness (QED) is 0.428. The molecular weight excluding hydrogens is 406 g/mol. The third kappa shape index (κ3) is 3.03. The standard InChI is InChI=1S/C24H23N5OS/c1-24(10-18-16(22(25)29-24)11-26-23(28-18)13-6-7-13)20-9-15(12-31-20)17-8-14-4-3-5-19(30-2)21(14)27-17/h3-5,8-9,11-13,27H,6-7,10H2,1-2H3,(H2,25,29)/t24-/m0/s1. The molecule has 1 aliphatic heterocycles. The van der Waals surface area contributed by atoms with Crippen LogP contribution in [0, 0.1) is 5.41 Å². The zero-order chi connectivity index (χ0) is 21.2. The van der Waals surface area contributed by atoms with E-state index in [2.05, 4.69) is 45.8 Å². The molecule has 1 fully saturated rings. The van der Waals surface area contributed by atoms with Crippen molar-refractivity contribution >= 4 is 28.1 Å². The van der Waals surface area contributed by atoms with Crippen LogP contribution in [-0.4, -0.2) is 27.9 Å². The van der Waals surface area contributed by atoms with Gasteiger partial charge in [0.05, 0.1) is 29.4 Å². The third-order valence-electron chi connectivity index (χ3n) is 6.31. The number of rotatable bonds is 4. The van der Waals surface area contributed by atoms with Crippen LogP contribution in [0.1, 0.15) is 47.6 Å². The van der Waals surface area contributed by atoms with E-state index < -0.39 is 0 Å². The van der Waals surface area contributed by atoms with E-state index in [1.54, 1.807) is 18.4 Å². The van der Waals surface area contributed by atoms with Gasteiger partial charge in [-0.25, -0.2) is 9.97 Å². The van der Waals surface area contributed by atoms with E-state index in [1.807, 2.05) is 18.3 Å². The predicted octanol–water partition coefficient (Wildman–Crippen LogP) is 4.96. The number of aromatic amines is 1. The molecule has 31 heavy (non-hydrogen) atoms. The van der Waals surface area contributed by atoms with Crippen LogP contribution < -0.4 is 10.1 Å². The monoisotopic (exact) mass is 429 g/mol. The summed E-state index contributed by atoms with van der Waals surface area (Å²) in [5.41, 5.74) is 4.64. The number of para-hydroxylation sites is 1. The van der Waals surface area contributed by atoms with Crippen LogP contribution in [0.25, 0.3) is 22.2 Å². The van der Waals surface area contributed by atoms with Crippen molar-refractivity contribution in [1.82, 2.24) is 20.3 Å². The number of amidine groups is 1. The minimum absolute atomic E-state index is 0.369. The van der Waals surface area contributed by atoms with E-state index in [9.17, 15) is 0 Å². The Labute approximate surface area is 184 Å². The van der Waals surface area contributed by atoms with Crippen LogP contribution in [0.15, 0.2) is 41.9 Å². The molecule has 0 spiro atoms. The molecule has 1 atom stereocenters. The first-order valence-corrected chi connectivity index (χ1v) is 11.4. The minimum atomic E-state index is -0.369. The van der Waals surface area contributed by atoms with E-state index in [-0.39, 0.29) is 5.54 Å². The number of nitrogens with one attached hydrogen (secondary N) is 3. The highest BCUT2D eigenvalue weighted by Gasteiger charge is 2.37. The maximum Gasteiger partial charge on any atom is 0.142 e. The molecule has 7 heteroatoms. The Bertz CT molecular complexity index is 1340. The third-order valence-corrected chi connectivity index (χ3v) is 7.51. The van der Waals surface area contributed by atoms with Crippen molar-refractivity contribution in [2.45, 2.75) is 37.6 Å². The molecule has 1 saturated carbocycles. The number of benzene rings is 1. The van der Waals surface area contributed by atoms with Crippen LogP contribution in [-0.2, 0) is 12.0 Å². The Morgan fingerprint density at radius 3 is 2.94 bits per heavy atom. The van der Waals surface area contributed by atoms with Gasteiger partial charge >= 0.3 is 0 Å². The van der Waals surface area contributed by atoms with Gasteiger partial charge < -0.3 is 15.0 Å². The van der Waals surface area contributed by atoms with Crippen molar-refractivity contribution in [2.75, 3.05) is 7.11 Å². The molecule has 3 aromatic heterocycles. The Balaban J connectivity index is 1.35. The summed E-state index contributed by atoms with van der Waals surface area (Å²) < 4.78 is 5.49. The molecule has 0 unspecified atom stereocenters. The molecule has 4 aromatic rings. The number of nitrogens with zero attached hydrogens (tertiary/aromatic N) is 2. The van der Waals surface area contributed by atoms with Gasteiger partial charge in [0, 0.05) is 45.4 Å². The van der Waals surface area contributed by atoms with Crippen molar-refractivity contribution in [3.05, 3.63) is 63.9 Å². The molecule has 2 aliphatic rings. The Kier molecular flexibility index (Phi) is 3.99. The molecule has 156 valence electrons. The lowest BCUT2D eigenvalue weighted by Crippen LogP contribution is -2.49. The first-order chi connectivity index (χ1) is 15.0. The van der Waals surface area contributed by atoms with Crippen LogP contribution in [0.3, 0.4) is 0 Å². The highest BCUT2D eigenvalue weighted by Crippen LogP contribution is 2.41. The second-order valence-corrected chi connectivity index (χ2v) is 9.59. The fourth-order valence-electron chi connectivity index (χ4n) is 4.41. The molecule has 0 amide bonds. The maximum absolute atomic E-state index is 8.55. The molecule has 0 bridgehead atoms. The number of hydrogen-bond acceptors (Lipinski definition) is 5. The average molecular weight is 430 g/mol. The fourth-order valence-corrected chi connectivity index (χ4v) is 5.43. The lowest BCUT2D eigenvalue weighted by molar-refractivity contribution is 0.419. The van der Waals surface area contributed by atoms with Gasteiger partial charge in [0.2, 0.25) is 0 Å². The Morgan fingerprint density at radius 1 is 1.26 bits per heavy atom. The van der Waals surface area contributed by atoms with Gasteiger partial charge in [-0.15, -0.1) is 11.3 Å². The van der Waals surface area contributed by atoms with Crippen molar-refractivity contribution in [3.8, 4) is 17.0 Å². The molecule has 3 N–H and O–H groups in total. The Morgan fingerprint density at radius 2 is 2.13 bits per heavy atom. The average Bonchev–Trinajstić information content (AvgIpc) is 3.31. The van der Waals surface area contributed by atoms with Crippen LogP contribution >= 0.6 is 11.3 Å². The van der Waals surface area contributed by atoms with Gasteiger partial charge in [0.15, 0.2) is 0 Å². The summed E-state index contributed by atoms with van der Waals surface area (Å²) in [6.07, 6.45) is 4.92. The summed E-state index contributed by atoms with van der Waals surface area (Å²) in [4.78, 5) is 14.1. The number of hydrogen-bond donors (Lipinski definition) is 3. The first kappa shape index (κ1) is 18.6. The van der Waals surface area contributed by atoms with Crippen LogP contribution in [0.4, 0.5) is 0 Å². The largest absolute Gasteiger partial charge is 0.495 e. The second kappa shape index (κ2) is 6.65. The van der Waals surface area contributed by atoms with E-state index in [4.69, 9.17) is 15.1 Å². The summed E-state index contributed by atoms with van der Waals surface area (Å²) in [5.74, 6) is 2.69. The second-order valence-electron chi connectivity index (χ2n) is 8.68. The highest BCUT2D eigenvalue weighted by atomic mass is 32.1. The van der Waals surface area contributed by atoms with Gasteiger partial charge in [-0.3, -0.25) is 5.41 Å². The summed E-state index contributed by atoms with van der Waals surface area (Å²) in [5, 5.41) is 15.3. The number of aromatic nitrogens is 3. The lowest BCUT2D eigenvalue weighted by Gasteiger charge is -2.35. The summed E-state index contributed by atoms with van der Waals surface area (Å²) in [7, 11) is 1.69. The predicted molar refractivity (Wildman–Crippen MR) is 123 cm³/mol. The van der Waals surface area contributed by atoms with Crippen molar-refractivity contribution in [3.63, 3.8) is 0 Å². The summed E-state index contributed by atoms with van der Waals surface area (Å²) in [6, 6.07) is 10.4. The number of H-pyrrole nitrogens is 1. The van der Waals surface area contributed by atoms with Crippen molar-refractivity contribution < 1.29 is 4.74 Å². The summed E-state index contributed by atoms with van der Waals surface area (Å²) in [6.45, 7) is 2.16. The smallest absolute Gasteiger partial charge is 0.142 e. The molecule has 1 aliphatic carbocycles. The molecule has 6 rings (SSSR count). The zero-order valence-electron chi connectivity index (χ0n) is 17.5.